The Balaban J connectivity index is 1.89. The lowest BCUT2D eigenvalue weighted by atomic mass is 10.2. The quantitative estimate of drug-likeness (QED) is 0.580. The molecule has 2 aromatic rings. The molecular formula is C20H26FN5O. The summed E-state index contributed by atoms with van der Waals surface area (Å²) in [6.07, 6.45) is 0.259. The number of carbonyl (C=O) groups is 1. The lowest BCUT2D eigenvalue weighted by molar-refractivity contribution is -0.116. The monoisotopic (exact) mass is 371 g/mol. The average molecular weight is 371 g/mol. The maximum absolute atomic E-state index is 13.0. The molecule has 0 saturated carbocycles. The van der Waals surface area contributed by atoms with Gasteiger partial charge in [0.1, 0.15) is 11.6 Å². The summed E-state index contributed by atoms with van der Waals surface area (Å²) in [5.41, 5.74) is 1.83. The molecule has 0 atom stereocenters. The summed E-state index contributed by atoms with van der Waals surface area (Å²) >= 11 is 0. The molecule has 1 aromatic heterocycles. The van der Waals surface area contributed by atoms with Crippen LogP contribution in [-0.4, -0.2) is 41.9 Å². The van der Waals surface area contributed by atoms with Gasteiger partial charge in [-0.3, -0.25) is 9.79 Å². The van der Waals surface area contributed by atoms with Crippen LogP contribution in [0.3, 0.4) is 0 Å². The number of aryl methyl sites for hydroxylation is 1. The van der Waals surface area contributed by atoms with E-state index in [2.05, 4.69) is 20.6 Å². The number of aromatic nitrogens is 1. The normalized spacial score (nSPS) is 11.2. The summed E-state index contributed by atoms with van der Waals surface area (Å²) in [4.78, 5) is 22.8. The number of pyridine rings is 1. The fourth-order valence-electron chi connectivity index (χ4n) is 2.49. The van der Waals surface area contributed by atoms with Gasteiger partial charge < -0.3 is 15.5 Å². The van der Waals surface area contributed by atoms with Crippen molar-refractivity contribution in [3.63, 3.8) is 0 Å². The second kappa shape index (κ2) is 10.3. The largest absolute Gasteiger partial charge is 0.357 e. The molecule has 0 spiro atoms. The van der Waals surface area contributed by atoms with Crippen molar-refractivity contribution in [3.05, 3.63) is 59.5 Å². The van der Waals surface area contributed by atoms with Crippen molar-refractivity contribution in [2.45, 2.75) is 26.8 Å². The Labute approximate surface area is 159 Å². The first kappa shape index (κ1) is 20.4. The number of guanidine groups is 1. The van der Waals surface area contributed by atoms with Gasteiger partial charge in [0.15, 0.2) is 5.96 Å². The van der Waals surface area contributed by atoms with Crippen molar-refractivity contribution in [3.8, 4) is 0 Å². The first-order valence-electron chi connectivity index (χ1n) is 8.95. The summed E-state index contributed by atoms with van der Waals surface area (Å²) in [7, 11) is 1.90. The van der Waals surface area contributed by atoms with Gasteiger partial charge in [0.2, 0.25) is 5.91 Å². The molecule has 1 amide bonds. The van der Waals surface area contributed by atoms with E-state index < -0.39 is 0 Å². The molecule has 0 radical (unpaired) electrons. The fourth-order valence-corrected chi connectivity index (χ4v) is 2.49. The van der Waals surface area contributed by atoms with Gasteiger partial charge in [-0.15, -0.1) is 0 Å². The number of anilines is 1. The Morgan fingerprint density at radius 3 is 2.63 bits per heavy atom. The van der Waals surface area contributed by atoms with Gasteiger partial charge >= 0.3 is 0 Å². The van der Waals surface area contributed by atoms with Crippen molar-refractivity contribution in [1.82, 2.24) is 15.2 Å². The van der Waals surface area contributed by atoms with E-state index in [1.165, 1.54) is 12.1 Å². The lowest BCUT2D eigenvalue weighted by Crippen LogP contribution is -2.38. The van der Waals surface area contributed by atoms with Crippen LogP contribution in [0, 0.1) is 12.7 Å². The van der Waals surface area contributed by atoms with Gasteiger partial charge in [-0.2, -0.15) is 0 Å². The predicted octanol–water partition coefficient (Wildman–Crippen LogP) is 2.96. The molecule has 0 aliphatic rings. The number of nitrogens with one attached hydrogen (secondary N) is 2. The Kier molecular flexibility index (Phi) is 7.73. The maximum Gasteiger partial charge on any atom is 0.227 e. The van der Waals surface area contributed by atoms with Crippen molar-refractivity contribution in [2.24, 2.45) is 4.99 Å². The summed E-state index contributed by atoms with van der Waals surface area (Å²) in [5, 5.41) is 5.98. The number of carbonyl (C=O) groups excluding carboxylic acids is 1. The Bertz CT molecular complexity index is 776. The summed E-state index contributed by atoms with van der Waals surface area (Å²) < 4.78 is 13.0. The van der Waals surface area contributed by atoms with E-state index >= 15 is 0 Å². The van der Waals surface area contributed by atoms with Crippen LogP contribution < -0.4 is 10.6 Å². The van der Waals surface area contributed by atoms with Gasteiger partial charge in [-0.25, -0.2) is 9.37 Å². The van der Waals surface area contributed by atoms with Gasteiger partial charge in [-0.1, -0.05) is 18.2 Å². The van der Waals surface area contributed by atoms with Crippen LogP contribution in [-0.2, 0) is 11.3 Å². The van der Waals surface area contributed by atoms with Crippen molar-refractivity contribution < 1.29 is 9.18 Å². The van der Waals surface area contributed by atoms with Gasteiger partial charge in [0, 0.05) is 32.3 Å². The van der Waals surface area contributed by atoms with Crippen LogP contribution >= 0.6 is 0 Å². The zero-order valence-corrected chi connectivity index (χ0v) is 16.0. The van der Waals surface area contributed by atoms with E-state index in [1.807, 2.05) is 37.9 Å². The Morgan fingerprint density at radius 1 is 1.22 bits per heavy atom. The Morgan fingerprint density at radius 2 is 1.96 bits per heavy atom. The van der Waals surface area contributed by atoms with Crippen LogP contribution in [0.1, 0.15) is 24.6 Å². The number of hydrogen-bond donors (Lipinski definition) is 2. The number of nitrogens with zero attached hydrogens (tertiary/aromatic N) is 3. The third-order valence-corrected chi connectivity index (χ3v) is 3.79. The van der Waals surface area contributed by atoms with Crippen molar-refractivity contribution >= 4 is 17.7 Å². The van der Waals surface area contributed by atoms with E-state index in [-0.39, 0.29) is 18.1 Å². The predicted molar refractivity (Wildman–Crippen MR) is 106 cm³/mol. The summed E-state index contributed by atoms with van der Waals surface area (Å²) in [6, 6.07) is 11.9. The number of halogens is 1. The van der Waals surface area contributed by atoms with Gasteiger partial charge in [0.05, 0.1) is 6.54 Å². The third-order valence-electron chi connectivity index (χ3n) is 3.79. The second-order valence-electron chi connectivity index (χ2n) is 6.18. The van der Waals surface area contributed by atoms with Crippen molar-refractivity contribution in [2.75, 3.05) is 25.5 Å². The number of benzene rings is 1. The molecule has 1 aromatic carbocycles. The minimum absolute atomic E-state index is 0.131. The Hall–Kier alpha value is -2.96. The molecule has 1 heterocycles. The van der Waals surface area contributed by atoms with Crippen LogP contribution in [0.25, 0.3) is 0 Å². The summed E-state index contributed by atoms with van der Waals surface area (Å²) in [5.74, 6) is 0.859. The smallest absolute Gasteiger partial charge is 0.227 e. The molecule has 0 aliphatic heterocycles. The zero-order valence-electron chi connectivity index (χ0n) is 16.0. The summed E-state index contributed by atoms with van der Waals surface area (Å²) in [6.45, 7) is 5.52. The molecule has 144 valence electrons. The minimum atomic E-state index is -0.254. The highest BCUT2D eigenvalue weighted by atomic mass is 19.1. The van der Waals surface area contributed by atoms with Crippen molar-refractivity contribution in [1.29, 1.82) is 0 Å². The molecule has 0 fully saturated rings. The molecule has 27 heavy (non-hydrogen) atoms. The topological polar surface area (TPSA) is 69.6 Å². The molecular weight excluding hydrogens is 345 g/mol. The molecule has 0 aliphatic carbocycles. The zero-order chi connectivity index (χ0) is 19.6. The van der Waals surface area contributed by atoms with E-state index in [4.69, 9.17) is 0 Å². The average Bonchev–Trinajstić information content (AvgIpc) is 2.63. The first-order valence-corrected chi connectivity index (χ1v) is 8.95. The molecule has 6 nitrogen and oxygen atoms in total. The molecule has 0 bridgehead atoms. The SMILES string of the molecule is CCNC(=NCCC(=O)Nc1cccc(C)n1)N(C)Cc1ccc(F)cc1. The third kappa shape index (κ3) is 7.05. The number of rotatable bonds is 7. The molecule has 0 saturated heterocycles. The maximum atomic E-state index is 13.0. The van der Waals surface area contributed by atoms with Crippen LogP contribution in [0.15, 0.2) is 47.5 Å². The minimum Gasteiger partial charge on any atom is -0.357 e. The highest BCUT2D eigenvalue weighted by Gasteiger charge is 2.08. The van der Waals surface area contributed by atoms with Gasteiger partial charge in [-0.05, 0) is 43.7 Å². The molecule has 7 heteroatoms. The standard InChI is InChI=1S/C20H26FN5O/c1-4-22-20(26(3)14-16-8-10-17(21)11-9-16)23-13-12-19(27)25-18-7-5-6-15(2)24-18/h5-11H,4,12-14H2,1-3H3,(H,22,23)(H,24,25,27). The van der Waals surface area contributed by atoms with Crippen LogP contribution in [0.2, 0.25) is 0 Å². The number of aliphatic imine (C=N–C) groups is 1. The highest BCUT2D eigenvalue weighted by molar-refractivity contribution is 5.90. The fraction of sp³-hybridized carbons (Fsp3) is 0.350. The van der Waals surface area contributed by atoms with Gasteiger partial charge in [0.25, 0.3) is 0 Å². The first-order chi connectivity index (χ1) is 13.0. The number of hydrogen-bond acceptors (Lipinski definition) is 3. The number of amides is 1. The van der Waals surface area contributed by atoms with Crippen LogP contribution in [0.5, 0.6) is 0 Å². The second-order valence-corrected chi connectivity index (χ2v) is 6.18. The van der Waals surface area contributed by atoms with E-state index in [0.717, 1.165) is 11.3 Å². The molecule has 2 N–H and O–H groups in total. The van der Waals surface area contributed by atoms with E-state index in [1.54, 1.807) is 18.2 Å². The molecule has 0 unspecified atom stereocenters. The molecule has 2 rings (SSSR count). The highest BCUT2D eigenvalue weighted by Crippen LogP contribution is 2.07. The lowest BCUT2D eigenvalue weighted by Gasteiger charge is -2.22. The van der Waals surface area contributed by atoms with E-state index in [0.29, 0.717) is 31.4 Å². The van der Waals surface area contributed by atoms with E-state index in [9.17, 15) is 9.18 Å². The van der Waals surface area contributed by atoms with Crippen LogP contribution in [0.4, 0.5) is 10.2 Å².